The summed E-state index contributed by atoms with van der Waals surface area (Å²) in [5.74, 6) is 0.890. The van der Waals surface area contributed by atoms with Gasteiger partial charge in [-0.25, -0.2) is 0 Å². The third-order valence-corrected chi connectivity index (χ3v) is 3.88. The van der Waals surface area contributed by atoms with Gasteiger partial charge in [0.2, 0.25) is 0 Å². The van der Waals surface area contributed by atoms with E-state index in [4.69, 9.17) is 4.74 Å². The second kappa shape index (κ2) is 5.77. The quantitative estimate of drug-likeness (QED) is 0.752. The van der Waals surface area contributed by atoms with Crippen molar-refractivity contribution in [2.24, 2.45) is 0 Å². The molecule has 1 aliphatic carbocycles. The Kier molecular flexibility index (Phi) is 3.96. The van der Waals surface area contributed by atoms with Gasteiger partial charge >= 0.3 is 0 Å². The maximum Gasteiger partial charge on any atom is 0.129 e. The third-order valence-electron chi connectivity index (χ3n) is 3.42. The molecule has 1 nitrogen and oxygen atoms in total. The highest BCUT2D eigenvalue weighted by Crippen LogP contribution is 2.19. The molecule has 0 spiro atoms. The second-order valence-electron chi connectivity index (χ2n) is 6.39. The van der Waals surface area contributed by atoms with Crippen LogP contribution < -0.4 is 10.4 Å². The van der Waals surface area contributed by atoms with Crippen LogP contribution in [0.1, 0.15) is 20.8 Å². The van der Waals surface area contributed by atoms with Gasteiger partial charge < -0.3 is 4.74 Å². The normalized spacial score (nSPS) is 22.0. The van der Waals surface area contributed by atoms with Crippen LogP contribution in [-0.2, 0) is 4.74 Å². The number of allylic oxidation sites excluding steroid dienone is 1. The van der Waals surface area contributed by atoms with Gasteiger partial charge in [-0.1, -0.05) is 64.5 Å². The average Bonchev–Trinajstić information content (AvgIpc) is 2.44. The van der Waals surface area contributed by atoms with Crippen LogP contribution in [-0.4, -0.2) is 5.60 Å². The Bertz CT molecular complexity index is 946. The minimum Gasteiger partial charge on any atom is -0.487 e. The van der Waals surface area contributed by atoms with Gasteiger partial charge in [-0.3, -0.25) is 0 Å². The van der Waals surface area contributed by atoms with E-state index in [2.05, 4.69) is 97.4 Å². The van der Waals surface area contributed by atoms with Crippen LogP contribution in [0.3, 0.4) is 0 Å². The van der Waals surface area contributed by atoms with E-state index in [1.165, 1.54) is 15.7 Å². The fraction of sp³-hybridized carbons (Fsp3) is 0.200. The summed E-state index contributed by atoms with van der Waals surface area (Å²) >= 11 is 3.65. The number of ether oxygens (including phenoxy) is 1. The number of rotatable bonds is 1. The lowest BCUT2D eigenvalue weighted by atomic mass is 10.1. The van der Waals surface area contributed by atoms with E-state index < -0.39 is 0 Å². The first-order valence-electron chi connectivity index (χ1n) is 7.41. The van der Waals surface area contributed by atoms with Crippen molar-refractivity contribution in [3.8, 4) is 0 Å². The van der Waals surface area contributed by atoms with Crippen LogP contribution in [0.2, 0.25) is 0 Å². The fourth-order valence-electron chi connectivity index (χ4n) is 2.61. The Hall–Kier alpha value is -1.80. The molecule has 0 atom stereocenters. The molecule has 2 heteroatoms. The first-order valence-corrected chi connectivity index (χ1v) is 8.20. The number of benzene rings is 2. The molecule has 0 amide bonds. The molecule has 0 fully saturated rings. The summed E-state index contributed by atoms with van der Waals surface area (Å²) in [4.78, 5) is 0. The molecule has 2 aromatic rings. The largest absolute Gasteiger partial charge is 0.487 e. The molecule has 2 aromatic carbocycles. The zero-order valence-corrected chi connectivity index (χ0v) is 14.6. The number of hydrogen-bond donors (Lipinski definition) is 0. The molecule has 0 heterocycles. The van der Waals surface area contributed by atoms with Crippen molar-refractivity contribution in [1.29, 1.82) is 0 Å². The van der Waals surface area contributed by atoms with E-state index in [0.717, 1.165) is 15.5 Å². The van der Waals surface area contributed by atoms with Crippen LogP contribution in [0.5, 0.6) is 0 Å². The summed E-state index contributed by atoms with van der Waals surface area (Å²) in [6, 6.07) is 16.8. The minimum absolute atomic E-state index is 0.245. The molecule has 0 N–H and O–H groups in total. The highest BCUT2D eigenvalue weighted by molar-refractivity contribution is 9.12. The molecule has 0 bridgehead atoms. The maximum atomic E-state index is 6.22. The Morgan fingerprint density at radius 2 is 1.36 bits per heavy atom. The second-order valence-corrected chi connectivity index (χ2v) is 7.30. The van der Waals surface area contributed by atoms with Gasteiger partial charge in [0.05, 0.1) is 0 Å². The van der Waals surface area contributed by atoms with Crippen LogP contribution >= 0.6 is 15.9 Å². The van der Waals surface area contributed by atoms with E-state index in [1.54, 1.807) is 0 Å². The standard InChI is InChI=1S/C20H19BrO/c1-20(2,3)22-19-13-15(21)12-14-8-4-5-9-16(14)17-10-6-7-11-18(17)19/h4-13H,1-3H3/b14-12-,15-12?,15-13+,17-16-,19-13?,19-18+. The lowest BCUT2D eigenvalue weighted by Crippen LogP contribution is -2.23. The SMILES string of the molecule is CC(C)(C)OC1=c2\cccc\c2=c2/cccc/c2=C/C(Br)=C\1. The smallest absolute Gasteiger partial charge is 0.129 e. The topological polar surface area (TPSA) is 9.23 Å². The maximum absolute atomic E-state index is 6.22. The number of fused-ring (bicyclic) bond motifs is 2. The molecule has 112 valence electrons. The summed E-state index contributed by atoms with van der Waals surface area (Å²) in [7, 11) is 0. The Morgan fingerprint density at radius 1 is 0.773 bits per heavy atom. The van der Waals surface area contributed by atoms with E-state index in [0.29, 0.717) is 0 Å². The van der Waals surface area contributed by atoms with E-state index in [9.17, 15) is 0 Å². The van der Waals surface area contributed by atoms with Crippen LogP contribution in [0.4, 0.5) is 0 Å². The molecule has 0 aliphatic heterocycles. The van der Waals surface area contributed by atoms with Crippen LogP contribution in [0.25, 0.3) is 11.8 Å². The molecular formula is C20H19BrO. The van der Waals surface area contributed by atoms with E-state index in [1.807, 2.05) is 0 Å². The van der Waals surface area contributed by atoms with Crippen molar-refractivity contribution in [3.05, 3.63) is 80.0 Å². The first kappa shape index (κ1) is 15.1. The molecule has 3 rings (SSSR count). The summed E-state index contributed by atoms with van der Waals surface area (Å²) < 4.78 is 7.22. The van der Waals surface area contributed by atoms with Crippen LogP contribution in [0.15, 0.2) is 59.1 Å². The predicted octanol–water partition coefficient (Wildman–Crippen LogP) is 3.97. The van der Waals surface area contributed by atoms with Crippen molar-refractivity contribution in [2.45, 2.75) is 26.4 Å². The third kappa shape index (κ3) is 3.17. The molecule has 0 aromatic heterocycles. The van der Waals surface area contributed by atoms with Gasteiger partial charge in [0, 0.05) is 9.70 Å². The lowest BCUT2D eigenvalue weighted by molar-refractivity contribution is 0.0969. The average molecular weight is 355 g/mol. The van der Waals surface area contributed by atoms with Gasteiger partial charge in [0.25, 0.3) is 0 Å². The van der Waals surface area contributed by atoms with Gasteiger partial charge in [-0.2, -0.15) is 0 Å². The zero-order chi connectivity index (χ0) is 15.7. The molecule has 1 aliphatic rings. The van der Waals surface area contributed by atoms with Gasteiger partial charge in [-0.05, 0) is 48.6 Å². The highest BCUT2D eigenvalue weighted by Gasteiger charge is 2.14. The van der Waals surface area contributed by atoms with Crippen molar-refractivity contribution in [2.75, 3.05) is 0 Å². The summed E-state index contributed by atoms with van der Waals surface area (Å²) in [6.07, 6.45) is 4.19. The van der Waals surface area contributed by atoms with E-state index >= 15 is 0 Å². The van der Waals surface area contributed by atoms with Crippen LogP contribution in [0, 0.1) is 10.4 Å². The predicted molar refractivity (Wildman–Crippen MR) is 95.5 cm³/mol. The Morgan fingerprint density at radius 3 is 2.05 bits per heavy atom. The fourth-order valence-corrected chi connectivity index (χ4v) is 3.06. The lowest BCUT2D eigenvalue weighted by Gasteiger charge is -2.22. The van der Waals surface area contributed by atoms with Crippen molar-refractivity contribution in [1.82, 2.24) is 0 Å². The molecule has 22 heavy (non-hydrogen) atoms. The first-order chi connectivity index (χ1) is 10.4. The summed E-state index contributed by atoms with van der Waals surface area (Å²) in [6.45, 7) is 6.21. The minimum atomic E-state index is -0.245. The van der Waals surface area contributed by atoms with Crippen molar-refractivity contribution in [3.63, 3.8) is 0 Å². The summed E-state index contributed by atoms with van der Waals surface area (Å²) in [5.41, 5.74) is -0.245. The Labute approximate surface area is 139 Å². The van der Waals surface area contributed by atoms with E-state index in [-0.39, 0.29) is 5.60 Å². The van der Waals surface area contributed by atoms with Gasteiger partial charge in [0.15, 0.2) is 0 Å². The summed E-state index contributed by atoms with van der Waals surface area (Å²) in [5, 5.41) is 4.74. The zero-order valence-electron chi connectivity index (χ0n) is 13.1. The molecule has 0 radical (unpaired) electrons. The van der Waals surface area contributed by atoms with Crippen molar-refractivity contribution < 1.29 is 4.74 Å². The molecular weight excluding hydrogens is 336 g/mol. The van der Waals surface area contributed by atoms with Crippen molar-refractivity contribution >= 4 is 27.8 Å². The highest BCUT2D eigenvalue weighted by atomic mass is 79.9. The Balaban J connectivity index is 2.55. The molecule has 0 saturated heterocycles. The number of hydrogen-bond acceptors (Lipinski definition) is 1. The number of halogens is 1. The molecule has 0 saturated carbocycles. The monoisotopic (exact) mass is 354 g/mol. The molecule has 0 unspecified atom stereocenters. The van der Waals surface area contributed by atoms with Gasteiger partial charge in [0.1, 0.15) is 11.4 Å². The van der Waals surface area contributed by atoms with Gasteiger partial charge in [-0.15, -0.1) is 0 Å².